The third-order valence-corrected chi connectivity index (χ3v) is 7.99. The average molecular weight is 748 g/mol. The molecule has 284 valence electrons. The van der Waals surface area contributed by atoms with Crippen LogP contribution in [0.15, 0.2) is 114 Å². The molecule has 4 aromatic carbocycles. The number of hydrogen-bond donors (Lipinski definition) is 4. The molecule has 55 heavy (non-hydrogen) atoms. The van der Waals surface area contributed by atoms with Gasteiger partial charge in [-0.25, -0.2) is 14.6 Å². The summed E-state index contributed by atoms with van der Waals surface area (Å²) in [5.74, 6) is -0.921. The minimum Gasteiger partial charge on any atom is -0.466 e. The zero-order valence-electron chi connectivity index (χ0n) is 30.5. The van der Waals surface area contributed by atoms with E-state index >= 15 is 0 Å². The van der Waals surface area contributed by atoms with Gasteiger partial charge in [0, 0.05) is 22.5 Å². The molecule has 0 aliphatic heterocycles. The minimum atomic E-state index is -0.886. The van der Waals surface area contributed by atoms with E-state index in [9.17, 15) is 24.0 Å². The fourth-order valence-electron chi connectivity index (χ4n) is 5.10. The molecule has 4 amide bonds. The summed E-state index contributed by atoms with van der Waals surface area (Å²) in [5.41, 5.74) is 4.21. The fraction of sp³-hybridized carbons (Fsp3) is 0.220. The van der Waals surface area contributed by atoms with Crippen LogP contribution in [0, 0.1) is 0 Å². The third kappa shape index (κ3) is 11.8. The Morgan fingerprint density at radius 2 is 1.07 bits per heavy atom. The molecule has 0 saturated heterocycles. The number of rotatable bonds is 15. The van der Waals surface area contributed by atoms with Gasteiger partial charge in [0.05, 0.1) is 6.61 Å². The van der Waals surface area contributed by atoms with Gasteiger partial charge in [-0.15, -0.1) is 0 Å². The third-order valence-electron chi connectivity index (χ3n) is 7.99. The van der Waals surface area contributed by atoms with Gasteiger partial charge in [0.1, 0.15) is 37.4 Å². The van der Waals surface area contributed by atoms with Crippen LogP contribution in [0.1, 0.15) is 37.8 Å². The van der Waals surface area contributed by atoms with E-state index < -0.39 is 42.1 Å². The van der Waals surface area contributed by atoms with E-state index in [2.05, 4.69) is 26.3 Å². The first-order valence-electron chi connectivity index (χ1n) is 17.5. The Morgan fingerprint density at radius 3 is 1.53 bits per heavy atom. The van der Waals surface area contributed by atoms with Crippen molar-refractivity contribution in [3.05, 3.63) is 126 Å². The van der Waals surface area contributed by atoms with E-state index in [1.165, 1.54) is 6.92 Å². The summed E-state index contributed by atoms with van der Waals surface area (Å²) >= 11 is 0. The van der Waals surface area contributed by atoms with Crippen molar-refractivity contribution < 1.29 is 42.6 Å². The molecule has 14 nitrogen and oxygen atoms in total. The van der Waals surface area contributed by atoms with Crippen molar-refractivity contribution in [3.8, 4) is 22.6 Å². The number of aromatic nitrogens is 1. The number of alkyl carbamates (subject to hydrolysis) is 2. The molecule has 0 aliphatic rings. The Balaban J connectivity index is 1.21. The van der Waals surface area contributed by atoms with E-state index in [1.54, 1.807) is 62.4 Å². The molecule has 0 fully saturated rings. The van der Waals surface area contributed by atoms with Crippen molar-refractivity contribution in [1.29, 1.82) is 0 Å². The van der Waals surface area contributed by atoms with Gasteiger partial charge in [-0.2, -0.15) is 0 Å². The largest absolute Gasteiger partial charge is 0.466 e. The maximum absolute atomic E-state index is 12.8. The van der Waals surface area contributed by atoms with E-state index in [4.69, 9.17) is 18.6 Å². The summed E-state index contributed by atoms with van der Waals surface area (Å²) in [7, 11) is 0. The molecule has 0 unspecified atom stereocenters. The predicted octanol–water partition coefficient (Wildman–Crippen LogP) is 6.62. The monoisotopic (exact) mass is 747 g/mol. The highest BCUT2D eigenvalue weighted by molar-refractivity contribution is 5.97. The molecule has 0 radical (unpaired) electrons. The number of nitrogens with zero attached hydrogens (tertiary/aromatic N) is 1. The molecule has 2 atom stereocenters. The van der Waals surface area contributed by atoms with Crippen molar-refractivity contribution in [3.63, 3.8) is 0 Å². The molecule has 0 spiro atoms. The molecule has 1 aromatic heterocycles. The van der Waals surface area contributed by atoms with Crippen LogP contribution in [0.5, 0.6) is 0 Å². The van der Waals surface area contributed by atoms with Gasteiger partial charge in [0.15, 0.2) is 5.76 Å². The topological polar surface area (TPSA) is 187 Å². The molecular weight excluding hydrogens is 706 g/mol. The van der Waals surface area contributed by atoms with Crippen LogP contribution in [-0.4, -0.2) is 53.6 Å². The van der Waals surface area contributed by atoms with Crippen LogP contribution in [-0.2, 0) is 48.2 Å². The molecule has 0 aliphatic carbocycles. The summed E-state index contributed by atoms with van der Waals surface area (Å²) in [6.07, 6.45) is -1.64. The number of anilines is 2. The van der Waals surface area contributed by atoms with Gasteiger partial charge in [-0.1, -0.05) is 72.8 Å². The molecular formula is C41H41N5O9. The summed E-state index contributed by atoms with van der Waals surface area (Å²) < 4.78 is 21.5. The molecule has 5 aromatic rings. The minimum absolute atomic E-state index is 0.0703. The number of hydrogen-bond acceptors (Lipinski definition) is 10. The fourth-order valence-corrected chi connectivity index (χ4v) is 5.10. The van der Waals surface area contributed by atoms with Gasteiger partial charge < -0.3 is 39.9 Å². The second kappa shape index (κ2) is 19.2. The Hall–Kier alpha value is -6.96. The number of carbonyl (C=O) groups is 5. The van der Waals surface area contributed by atoms with Crippen LogP contribution in [0.3, 0.4) is 0 Å². The number of carbonyl (C=O) groups excluding carboxylic acids is 5. The highest BCUT2D eigenvalue weighted by atomic mass is 16.6. The molecule has 14 heteroatoms. The molecule has 4 N–H and O–H groups in total. The van der Waals surface area contributed by atoms with Gasteiger partial charge in [0.25, 0.3) is 0 Å². The predicted molar refractivity (Wildman–Crippen MR) is 203 cm³/mol. The molecule has 1 heterocycles. The SMILES string of the molecule is CCOC(=O)Cc1nc(-c2ccc(NC(=O)[C@H](C)NC(=O)OCc3ccccc3)cc2)c(-c2ccc(NC(=O)[C@@H](C)NC(=O)OCc3ccccc3)cc2)o1. The Labute approximate surface area is 317 Å². The summed E-state index contributed by atoms with van der Waals surface area (Å²) in [6, 6.07) is 30.1. The van der Waals surface area contributed by atoms with Gasteiger partial charge in [-0.05, 0) is 68.3 Å². The zero-order chi connectivity index (χ0) is 39.2. The number of amides is 4. The van der Waals surface area contributed by atoms with Crippen LogP contribution >= 0.6 is 0 Å². The van der Waals surface area contributed by atoms with Crippen molar-refractivity contribution in [2.24, 2.45) is 0 Å². The smallest absolute Gasteiger partial charge is 0.408 e. The number of esters is 1. The number of nitrogens with one attached hydrogen (secondary N) is 4. The maximum Gasteiger partial charge on any atom is 0.408 e. The Kier molecular flexibility index (Phi) is 13.7. The molecule has 5 rings (SSSR count). The summed E-state index contributed by atoms with van der Waals surface area (Å²) in [6.45, 7) is 5.12. The van der Waals surface area contributed by atoms with Crippen LogP contribution in [0.4, 0.5) is 21.0 Å². The first kappa shape index (κ1) is 39.3. The summed E-state index contributed by atoms with van der Waals surface area (Å²) in [5, 5.41) is 10.6. The quantitative estimate of drug-likeness (QED) is 0.0670. The van der Waals surface area contributed by atoms with Crippen molar-refractivity contribution in [1.82, 2.24) is 15.6 Å². The number of benzene rings is 4. The van der Waals surface area contributed by atoms with Crippen molar-refractivity contribution in [2.45, 2.75) is 52.5 Å². The number of ether oxygens (including phenoxy) is 3. The molecule has 0 saturated carbocycles. The highest BCUT2D eigenvalue weighted by Crippen LogP contribution is 2.34. The van der Waals surface area contributed by atoms with E-state index in [0.29, 0.717) is 34.0 Å². The first-order valence-corrected chi connectivity index (χ1v) is 17.5. The zero-order valence-corrected chi connectivity index (χ0v) is 30.5. The lowest BCUT2D eigenvalue weighted by Crippen LogP contribution is -2.41. The van der Waals surface area contributed by atoms with E-state index in [1.807, 2.05) is 60.7 Å². The molecule has 0 bridgehead atoms. The Morgan fingerprint density at radius 1 is 0.618 bits per heavy atom. The average Bonchev–Trinajstić information content (AvgIpc) is 3.61. The first-order chi connectivity index (χ1) is 26.6. The lowest BCUT2D eigenvalue weighted by atomic mass is 10.0. The van der Waals surface area contributed by atoms with Crippen LogP contribution < -0.4 is 21.3 Å². The second-order valence-electron chi connectivity index (χ2n) is 12.3. The normalized spacial score (nSPS) is 11.7. The van der Waals surface area contributed by atoms with E-state index in [-0.39, 0.29) is 32.1 Å². The van der Waals surface area contributed by atoms with Gasteiger partial charge >= 0.3 is 18.2 Å². The summed E-state index contributed by atoms with van der Waals surface area (Å²) in [4.78, 5) is 67.0. The Bertz CT molecular complexity index is 1930. The lowest BCUT2D eigenvalue weighted by Gasteiger charge is -2.15. The maximum atomic E-state index is 12.8. The lowest BCUT2D eigenvalue weighted by molar-refractivity contribution is -0.142. The standard InChI is InChI=1S/C41H41N5O9/c1-4-52-35(47)23-34-46-36(30-15-19-32(20-16-30)44-38(48)26(2)42-40(50)53-24-28-11-7-5-8-12-28)37(55-34)31-17-21-33(22-18-31)45-39(49)27(3)43-41(51)54-25-29-13-9-6-10-14-29/h5-22,26-27H,4,23-25H2,1-3H3,(H,42,50)(H,43,51)(H,44,48)(H,45,49)/t26-,27+/m0/s1. The van der Waals surface area contributed by atoms with Crippen molar-refractivity contribution >= 4 is 41.3 Å². The van der Waals surface area contributed by atoms with Crippen LogP contribution in [0.25, 0.3) is 22.6 Å². The van der Waals surface area contributed by atoms with Crippen LogP contribution in [0.2, 0.25) is 0 Å². The van der Waals surface area contributed by atoms with Gasteiger partial charge in [-0.3, -0.25) is 14.4 Å². The van der Waals surface area contributed by atoms with Gasteiger partial charge in [0.2, 0.25) is 17.7 Å². The highest BCUT2D eigenvalue weighted by Gasteiger charge is 2.22. The van der Waals surface area contributed by atoms with Crippen molar-refractivity contribution in [2.75, 3.05) is 17.2 Å². The number of oxazole rings is 1. The van der Waals surface area contributed by atoms with E-state index in [0.717, 1.165) is 11.1 Å². The second-order valence-corrected chi connectivity index (χ2v) is 12.3.